The Morgan fingerprint density at radius 2 is 1.93 bits per heavy atom. The van der Waals surface area contributed by atoms with E-state index in [0.29, 0.717) is 5.92 Å². The smallest absolute Gasteiger partial charge is 0.198 e. The second-order valence-electron chi connectivity index (χ2n) is 8.03. The number of anilines is 1. The van der Waals surface area contributed by atoms with Gasteiger partial charge in [0.15, 0.2) is 11.5 Å². The van der Waals surface area contributed by atoms with E-state index in [-0.39, 0.29) is 5.82 Å². The number of hydrogen-bond donors (Lipinski definition) is 1. The molecule has 1 aliphatic heterocycles. The molecule has 3 aromatic rings. The monoisotopic (exact) mass is 422 g/mol. The number of nitrogens with one attached hydrogen (secondary N) is 1. The lowest BCUT2D eigenvalue weighted by atomic mass is 9.83. The molecule has 155 valence electrons. The van der Waals surface area contributed by atoms with Gasteiger partial charge in [0.25, 0.3) is 0 Å². The normalized spacial score (nSPS) is 18.0. The van der Waals surface area contributed by atoms with Crippen LogP contribution in [0, 0.1) is 12.1 Å². The lowest BCUT2D eigenvalue weighted by molar-refractivity contribution is 0.443. The Kier molecular flexibility index (Phi) is 5.73. The number of halogens is 1. The van der Waals surface area contributed by atoms with E-state index in [2.05, 4.69) is 26.5 Å². The van der Waals surface area contributed by atoms with Crippen LogP contribution in [0.1, 0.15) is 43.6 Å². The van der Waals surface area contributed by atoms with Crippen LogP contribution in [-0.4, -0.2) is 41.1 Å². The van der Waals surface area contributed by atoms with Gasteiger partial charge in [-0.25, -0.2) is 19.3 Å². The summed E-state index contributed by atoms with van der Waals surface area (Å²) >= 11 is 1.65. The first kappa shape index (κ1) is 19.6. The molecule has 2 fully saturated rings. The van der Waals surface area contributed by atoms with Gasteiger partial charge in [-0.15, -0.1) is 0 Å². The molecule has 1 aromatic carbocycles. The molecular formula is C23H25FN5S. The van der Waals surface area contributed by atoms with Crippen LogP contribution in [0.3, 0.4) is 0 Å². The molecule has 5 rings (SSSR count). The van der Waals surface area contributed by atoms with E-state index in [1.807, 2.05) is 12.3 Å². The van der Waals surface area contributed by atoms with Crippen LogP contribution in [0.25, 0.3) is 21.8 Å². The van der Waals surface area contributed by atoms with Crippen molar-refractivity contribution in [2.45, 2.75) is 38.0 Å². The fourth-order valence-corrected chi connectivity index (χ4v) is 5.64. The topological polar surface area (TPSA) is 53.9 Å². The van der Waals surface area contributed by atoms with Gasteiger partial charge in [0.05, 0.1) is 16.3 Å². The third-order valence-electron chi connectivity index (χ3n) is 6.06. The van der Waals surface area contributed by atoms with E-state index in [4.69, 9.17) is 4.98 Å². The van der Waals surface area contributed by atoms with Crippen molar-refractivity contribution < 1.29 is 4.39 Å². The van der Waals surface area contributed by atoms with Gasteiger partial charge >= 0.3 is 0 Å². The van der Waals surface area contributed by atoms with Crippen molar-refractivity contribution in [1.29, 1.82) is 0 Å². The highest BCUT2D eigenvalue weighted by Gasteiger charge is 2.26. The largest absolute Gasteiger partial charge is 0.346 e. The van der Waals surface area contributed by atoms with Crippen molar-refractivity contribution in [3.63, 3.8) is 0 Å². The minimum Gasteiger partial charge on any atom is -0.346 e. The molecule has 0 unspecified atom stereocenters. The molecule has 0 spiro atoms. The summed E-state index contributed by atoms with van der Waals surface area (Å²) in [6.45, 7) is 3.72. The molecule has 1 radical (unpaired) electrons. The molecule has 0 atom stereocenters. The fraction of sp³-hybridized carbons (Fsp3) is 0.435. The molecule has 3 heterocycles. The van der Waals surface area contributed by atoms with Gasteiger partial charge in [-0.2, -0.15) is 0 Å². The van der Waals surface area contributed by atoms with E-state index in [0.717, 1.165) is 53.1 Å². The van der Waals surface area contributed by atoms with Crippen LogP contribution in [0.2, 0.25) is 0 Å². The lowest BCUT2D eigenvalue weighted by Crippen LogP contribution is -2.43. The molecule has 30 heavy (non-hydrogen) atoms. The third-order valence-corrected chi connectivity index (χ3v) is 7.18. The minimum absolute atomic E-state index is 0.253. The summed E-state index contributed by atoms with van der Waals surface area (Å²) in [6, 6.07) is 6.70. The number of nitrogens with zero attached hydrogens (tertiary/aromatic N) is 4. The van der Waals surface area contributed by atoms with Gasteiger partial charge in [-0.05, 0) is 30.9 Å². The maximum atomic E-state index is 14.0. The Morgan fingerprint density at radius 3 is 2.73 bits per heavy atom. The lowest BCUT2D eigenvalue weighted by Gasteiger charge is -2.26. The van der Waals surface area contributed by atoms with Crippen molar-refractivity contribution in [1.82, 2.24) is 20.3 Å². The molecule has 1 aliphatic carbocycles. The predicted molar refractivity (Wildman–Crippen MR) is 118 cm³/mol. The van der Waals surface area contributed by atoms with Crippen molar-refractivity contribution >= 4 is 16.5 Å². The molecule has 0 bridgehead atoms. The highest BCUT2D eigenvalue weighted by molar-refractivity contribution is 7.19. The maximum absolute atomic E-state index is 14.0. The van der Waals surface area contributed by atoms with Crippen LogP contribution in [0.15, 0.2) is 30.5 Å². The summed E-state index contributed by atoms with van der Waals surface area (Å²) in [5, 5.41) is 4.36. The van der Waals surface area contributed by atoms with Gasteiger partial charge in [0, 0.05) is 43.5 Å². The minimum atomic E-state index is -0.253. The zero-order valence-electron chi connectivity index (χ0n) is 16.9. The second kappa shape index (κ2) is 8.78. The first-order valence-electron chi connectivity index (χ1n) is 10.8. The predicted octanol–water partition coefficient (Wildman–Crippen LogP) is 4.66. The Morgan fingerprint density at radius 1 is 1.10 bits per heavy atom. The van der Waals surface area contributed by atoms with Crippen molar-refractivity contribution in [3.05, 3.63) is 48.2 Å². The van der Waals surface area contributed by atoms with E-state index in [1.165, 1.54) is 43.7 Å². The zero-order chi connectivity index (χ0) is 20.3. The van der Waals surface area contributed by atoms with Crippen LogP contribution in [-0.2, 0) is 0 Å². The first-order valence-corrected chi connectivity index (χ1v) is 11.6. The van der Waals surface area contributed by atoms with E-state index in [1.54, 1.807) is 23.5 Å². The maximum Gasteiger partial charge on any atom is 0.198 e. The summed E-state index contributed by atoms with van der Waals surface area (Å²) in [6.07, 6.45) is 10.8. The number of thiazole rings is 1. The highest BCUT2D eigenvalue weighted by Crippen LogP contribution is 2.44. The van der Waals surface area contributed by atoms with E-state index >= 15 is 0 Å². The molecule has 1 saturated heterocycles. The molecular weight excluding hydrogens is 397 g/mol. The Hall–Kier alpha value is -2.38. The number of piperazine rings is 1. The van der Waals surface area contributed by atoms with Crippen molar-refractivity contribution in [3.8, 4) is 21.8 Å². The van der Waals surface area contributed by atoms with E-state index in [9.17, 15) is 4.39 Å². The molecule has 7 heteroatoms. The summed E-state index contributed by atoms with van der Waals surface area (Å²) in [7, 11) is 0. The Bertz CT molecular complexity index is 1010. The van der Waals surface area contributed by atoms with Gasteiger partial charge in [-0.1, -0.05) is 42.7 Å². The highest BCUT2D eigenvalue weighted by atomic mass is 32.1. The zero-order valence-corrected chi connectivity index (χ0v) is 17.7. The first-order chi connectivity index (χ1) is 14.8. The number of hydrogen-bond acceptors (Lipinski definition) is 6. The molecule has 0 amide bonds. The second-order valence-corrected chi connectivity index (χ2v) is 9.01. The van der Waals surface area contributed by atoms with Gasteiger partial charge in [0.1, 0.15) is 5.82 Å². The van der Waals surface area contributed by atoms with Crippen LogP contribution in [0.5, 0.6) is 0 Å². The van der Waals surface area contributed by atoms with Gasteiger partial charge in [0.2, 0.25) is 0 Å². The number of aromatic nitrogens is 3. The number of rotatable bonds is 4. The third kappa shape index (κ3) is 3.96. The average Bonchev–Trinajstić information content (AvgIpc) is 3.26. The molecule has 1 N–H and O–H groups in total. The summed E-state index contributed by atoms with van der Waals surface area (Å²) < 4.78 is 14.0. The van der Waals surface area contributed by atoms with E-state index < -0.39 is 0 Å². The fourth-order valence-electron chi connectivity index (χ4n) is 4.49. The summed E-state index contributed by atoms with van der Waals surface area (Å²) in [5.41, 5.74) is 3.68. The quantitative estimate of drug-likeness (QED) is 0.663. The molecule has 5 nitrogen and oxygen atoms in total. The molecule has 2 aliphatic rings. The van der Waals surface area contributed by atoms with Crippen LogP contribution in [0.4, 0.5) is 9.52 Å². The standard InChI is InChI=1S/C23H25FN5S/c24-18-8-4-7-17(13-18)20-22(30-23(28-20)29-11-9-25-10-12-29)21-19(14-26-15-27-21)16-5-2-1-3-6-16/h4,7-8,13-14,16,25H,1-3,5-6,9-12H2. The van der Waals surface area contributed by atoms with Gasteiger partial charge in [-0.3, -0.25) is 0 Å². The van der Waals surface area contributed by atoms with Crippen molar-refractivity contribution in [2.75, 3.05) is 31.1 Å². The molecule has 1 saturated carbocycles. The SMILES string of the molecule is Fc1cccc(-c2nc(N3CCNCC3)sc2-c2n[c]ncc2C2CCCCC2)c1. The molecule has 2 aromatic heterocycles. The Balaban J connectivity index is 1.63. The van der Waals surface area contributed by atoms with Gasteiger partial charge < -0.3 is 10.2 Å². The summed E-state index contributed by atoms with van der Waals surface area (Å²) in [5.74, 6) is 0.213. The summed E-state index contributed by atoms with van der Waals surface area (Å²) in [4.78, 5) is 17.1. The Labute approximate surface area is 180 Å². The van der Waals surface area contributed by atoms with Crippen LogP contribution < -0.4 is 10.2 Å². The van der Waals surface area contributed by atoms with Crippen LogP contribution >= 0.6 is 11.3 Å². The number of benzene rings is 1. The van der Waals surface area contributed by atoms with Crippen molar-refractivity contribution in [2.24, 2.45) is 0 Å². The average molecular weight is 423 g/mol.